The molecule has 0 amide bonds. The lowest BCUT2D eigenvalue weighted by atomic mass is 10.6. The molecule has 0 heterocycles. The van der Waals surface area contributed by atoms with Gasteiger partial charge in [0.05, 0.1) is 0 Å². The molecular formula is C27H68O7P4S. The molecule has 0 unspecified atom stereocenters. The largest absolute Gasteiger partial charge is 0.394 e. The smallest absolute Gasteiger partial charge is 0.326 e. The number of hydrogen-bond donors (Lipinski definition) is 4. The Labute approximate surface area is 249 Å². The first kappa shape index (κ1) is 50.0. The van der Waals surface area contributed by atoms with Gasteiger partial charge in [0, 0.05) is 0 Å². The Morgan fingerprint density at radius 1 is 0.436 bits per heavy atom. The molecule has 0 saturated heterocycles. The third kappa shape index (κ3) is 68.3. The summed E-state index contributed by atoms with van der Waals surface area (Å²) in [4.78, 5) is 14.3. The molecular weight excluding hydrogens is 592 g/mol. The van der Waals surface area contributed by atoms with Gasteiger partial charge in [-0.1, -0.05) is 120 Å². The van der Waals surface area contributed by atoms with Gasteiger partial charge >= 0.3 is 18.7 Å². The van der Waals surface area contributed by atoms with Crippen LogP contribution in [0.3, 0.4) is 0 Å². The predicted octanol–water partition coefficient (Wildman–Crippen LogP) is 9.80. The SMILES string of the molecule is CCCP(CCC)CCC.CCCP(CCC)CCC.CCCP(CCC)CCC.O=S(=O)(O)O.O=[PH](O)O. The van der Waals surface area contributed by atoms with Crippen molar-refractivity contribution in [3.63, 3.8) is 0 Å². The second-order valence-electron chi connectivity index (χ2n) is 9.26. The molecule has 0 spiro atoms. The maximum atomic E-state index is 8.74. The quantitative estimate of drug-likeness (QED) is 0.0850. The van der Waals surface area contributed by atoms with Crippen molar-refractivity contribution in [2.75, 3.05) is 55.5 Å². The van der Waals surface area contributed by atoms with Crippen molar-refractivity contribution in [3.05, 3.63) is 0 Å². The molecule has 7 nitrogen and oxygen atoms in total. The highest BCUT2D eigenvalue weighted by Gasteiger charge is 2.04. The van der Waals surface area contributed by atoms with Crippen molar-refractivity contribution in [1.29, 1.82) is 0 Å². The van der Waals surface area contributed by atoms with E-state index in [0.29, 0.717) is 23.8 Å². The molecule has 39 heavy (non-hydrogen) atoms. The van der Waals surface area contributed by atoms with E-state index in [1.54, 1.807) is 0 Å². The number of hydrogen-bond acceptors (Lipinski definition) is 3. The van der Waals surface area contributed by atoms with Crippen molar-refractivity contribution in [1.82, 2.24) is 0 Å². The zero-order chi connectivity index (χ0) is 31.5. The van der Waals surface area contributed by atoms with Gasteiger partial charge in [0.2, 0.25) is 0 Å². The summed E-state index contributed by atoms with van der Waals surface area (Å²) in [5.74, 6) is 0. The molecule has 0 aliphatic rings. The van der Waals surface area contributed by atoms with Crippen LogP contribution in [-0.4, -0.2) is 82.8 Å². The lowest BCUT2D eigenvalue weighted by molar-refractivity contribution is 0.380. The summed E-state index contributed by atoms with van der Waals surface area (Å²) in [6, 6.07) is 0. The molecule has 0 aliphatic carbocycles. The molecule has 244 valence electrons. The molecule has 0 atom stereocenters. The van der Waals surface area contributed by atoms with Gasteiger partial charge in [-0.15, -0.1) is 23.8 Å². The molecule has 12 heteroatoms. The highest BCUT2D eigenvalue weighted by atomic mass is 32.3. The topological polar surface area (TPSA) is 132 Å². The summed E-state index contributed by atoms with van der Waals surface area (Å²) < 4.78 is 40.3. The molecule has 0 radical (unpaired) electrons. The van der Waals surface area contributed by atoms with E-state index in [1.807, 2.05) is 0 Å². The average Bonchev–Trinajstić information content (AvgIpc) is 2.80. The Balaban J connectivity index is -0.000000129. The molecule has 4 N–H and O–H groups in total. The van der Waals surface area contributed by atoms with Crippen molar-refractivity contribution in [2.24, 2.45) is 0 Å². The second-order valence-corrected chi connectivity index (χ2v) is 18.8. The lowest BCUT2D eigenvalue weighted by Crippen LogP contribution is -1.92. The van der Waals surface area contributed by atoms with Gasteiger partial charge in [-0.3, -0.25) is 13.7 Å². The maximum Gasteiger partial charge on any atom is 0.394 e. The maximum absolute atomic E-state index is 8.74. The molecule has 0 rings (SSSR count). The fraction of sp³-hybridized carbons (Fsp3) is 1.00. The van der Waals surface area contributed by atoms with E-state index in [9.17, 15) is 0 Å². The monoisotopic (exact) mass is 660 g/mol. The van der Waals surface area contributed by atoms with Crippen molar-refractivity contribution in [3.8, 4) is 0 Å². The zero-order valence-corrected chi connectivity index (χ0v) is 31.5. The van der Waals surface area contributed by atoms with E-state index < -0.39 is 18.7 Å². The normalized spacial score (nSPS) is 10.7. The summed E-state index contributed by atoms with van der Waals surface area (Å²) >= 11 is 0. The van der Waals surface area contributed by atoms with Gasteiger partial charge in [-0.25, -0.2) is 0 Å². The van der Waals surface area contributed by atoms with E-state index in [1.165, 1.54) is 113 Å². The first-order valence-corrected chi connectivity index (χ1v) is 23.5. The van der Waals surface area contributed by atoms with Crippen LogP contribution in [0.15, 0.2) is 0 Å². The highest BCUT2D eigenvalue weighted by molar-refractivity contribution is 7.79. The standard InChI is InChI=1S/3C9H21P.H2O4S.H3O3P/c3*1-4-7-10(8-5-2)9-6-3;1-5(2,3)4;1-4(2)3/h3*4-9H2,1-3H3;(H2,1,2,3,4);4H,(H2,1,2,3). The first-order valence-electron chi connectivity index (χ1n) is 15.1. The summed E-state index contributed by atoms with van der Waals surface area (Å²) in [6.45, 7) is 20.8. The Bertz CT molecular complexity index is 459. The van der Waals surface area contributed by atoms with E-state index in [-0.39, 0.29) is 0 Å². The van der Waals surface area contributed by atoms with Crippen LogP contribution in [0, 0.1) is 0 Å². The van der Waals surface area contributed by atoms with E-state index in [2.05, 4.69) is 62.3 Å². The molecule has 0 fully saturated rings. The van der Waals surface area contributed by atoms with Crippen LogP contribution in [0.1, 0.15) is 120 Å². The van der Waals surface area contributed by atoms with Gasteiger partial charge in [0.15, 0.2) is 0 Å². The van der Waals surface area contributed by atoms with E-state index in [0.717, 1.165) is 0 Å². The van der Waals surface area contributed by atoms with Crippen LogP contribution in [0.5, 0.6) is 0 Å². The second kappa shape index (κ2) is 41.4. The molecule has 0 aromatic heterocycles. The van der Waals surface area contributed by atoms with Gasteiger partial charge in [0.25, 0.3) is 0 Å². The average molecular weight is 661 g/mol. The summed E-state index contributed by atoms with van der Waals surface area (Å²) in [5.41, 5.74) is 0. The summed E-state index contributed by atoms with van der Waals surface area (Å²) in [6.07, 6.45) is 26.1. The fourth-order valence-corrected chi connectivity index (χ4v) is 11.6. The third-order valence-electron chi connectivity index (χ3n) is 4.86. The lowest BCUT2D eigenvalue weighted by Gasteiger charge is -2.13. The minimum absolute atomic E-state index is 0.439. The Kier molecular flexibility index (Phi) is 53.1. The number of rotatable bonds is 18. The van der Waals surface area contributed by atoms with Gasteiger partial charge in [-0.2, -0.15) is 8.42 Å². The Morgan fingerprint density at radius 3 is 0.564 bits per heavy atom. The highest BCUT2D eigenvalue weighted by Crippen LogP contribution is 2.38. The Morgan fingerprint density at radius 2 is 0.513 bits per heavy atom. The molecule has 0 bridgehead atoms. The minimum atomic E-state index is -4.67. The molecule has 0 saturated carbocycles. The first-order chi connectivity index (χ1) is 18.3. The van der Waals surface area contributed by atoms with Crippen LogP contribution in [0.2, 0.25) is 0 Å². The fourth-order valence-electron chi connectivity index (χ4n) is 3.85. The summed E-state index contributed by atoms with van der Waals surface area (Å²) in [5, 5.41) is 0. The van der Waals surface area contributed by atoms with Gasteiger partial charge < -0.3 is 9.79 Å². The summed E-state index contributed by atoms with van der Waals surface area (Å²) in [7, 11) is -6.48. The van der Waals surface area contributed by atoms with Crippen molar-refractivity contribution in [2.45, 2.75) is 120 Å². The van der Waals surface area contributed by atoms with Crippen LogP contribution in [0.4, 0.5) is 0 Å². The predicted molar refractivity (Wildman–Crippen MR) is 185 cm³/mol. The minimum Gasteiger partial charge on any atom is -0.326 e. The molecule has 0 aliphatic heterocycles. The van der Waals surface area contributed by atoms with Crippen LogP contribution >= 0.6 is 32.0 Å². The Hall–Kier alpha value is 1.31. The van der Waals surface area contributed by atoms with Crippen LogP contribution in [0.25, 0.3) is 0 Å². The van der Waals surface area contributed by atoms with E-state index >= 15 is 0 Å². The van der Waals surface area contributed by atoms with Gasteiger partial charge in [-0.05, 0) is 55.5 Å². The van der Waals surface area contributed by atoms with Crippen LogP contribution < -0.4 is 0 Å². The van der Waals surface area contributed by atoms with Gasteiger partial charge in [0.1, 0.15) is 0 Å². The van der Waals surface area contributed by atoms with Crippen LogP contribution in [-0.2, 0) is 15.0 Å². The zero-order valence-electron chi connectivity index (χ0n) is 27.0. The van der Waals surface area contributed by atoms with E-state index in [4.69, 9.17) is 31.9 Å². The van der Waals surface area contributed by atoms with Crippen molar-refractivity contribution >= 4 is 42.4 Å². The third-order valence-corrected chi connectivity index (χ3v) is 14.6. The molecule has 0 aromatic rings. The molecule has 0 aromatic carbocycles. The van der Waals surface area contributed by atoms with Crippen molar-refractivity contribution < 1.29 is 31.9 Å².